The highest BCUT2D eigenvalue weighted by atomic mass is 16.4. The molecule has 0 spiro atoms. The summed E-state index contributed by atoms with van der Waals surface area (Å²) in [6.07, 6.45) is 1.55. The van der Waals surface area contributed by atoms with E-state index in [4.69, 9.17) is 0 Å². The van der Waals surface area contributed by atoms with Crippen molar-refractivity contribution in [2.45, 2.75) is 25.7 Å². The maximum Gasteiger partial charge on any atom is 0.310 e. The van der Waals surface area contributed by atoms with Crippen LogP contribution in [-0.2, 0) is 4.79 Å². The molecule has 98 valence electrons. The highest BCUT2D eigenvalue weighted by Gasteiger charge is 2.18. The molecule has 1 N–H and O–H groups in total. The van der Waals surface area contributed by atoms with Gasteiger partial charge in [-0.15, -0.1) is 0 Å². The first-order chi connectivity index (χ1) is 9.22. The zero-order valence-electron chi connectivity index (χ0n) is 11.0. The number of carbonyl (C=O) groups is 1. The summed E-state index contributed by atoms with van der Waals surface area (Å²) in [7, 11) is 0. The van der Waals surface area contributed by atoms with Gasteiger partial charge in [0.15, 0.2) is 0 Å². The highest BCUT2D eigenvalue weighted by Crippen LogP contribution is 2.25. The second kappa shape index (κ2) is 6.19. The Morgan fingerprint density at radius 3 is 2.11 bits per heavy atom. The van der Waals surface area contributed by atoms with Crippen LogP contribution in [0.15, 0.2) is 54.6 Å². The van der Waals surface area contributed by atoms with Crippen molar-refractivity contribution in [2.24, 2.45) is 0 Å². The quantitative estimate of drug-likeness (QED) is 0.862. The number of carboxylic acid groups (broad SMARTS) is 1. The van der Waals surface area contributed by atoms with Crippen molar-refractivity contribution in [3.63, 3.8) is 0 Å². The number of aliphatic carboxylic acids is 1. The van der Waals surface area contributed by atoms with Crippen LogP contribution in [0.25, 0.3) is 11.1 Å². The van der Waals surface area contributed by atoms with Crippen molar-refractivity contribution in [1.29, 1.82) is 0 Å². The van der Waals surface area contributed by atoms with E-state index in [9.17, 15) is 9.90 Å². The van der Waals surface area contributed by atoms with Gasteiger partial charge in [-0.3, -0.25) is 4.79 Å². The number of carboxylic acids is 1. The van der Waals surface area contributed by atoms with Crippen molar-refractivity contribution < 1.29 is 9.90 Å². The monoisotopic (exact) mass is 254 g/mol. The van der Waals surface area contributed by atoms with E-state index in [0.29, 0.717) is 6.42 Å². The predicted octanol–water partition coefficient (Wildman–Crippen LogP) is 4.32. The van der Waals surface area contributed by atoms with Crippen molar-refractivity contribution in [3.8, 4) is 11.1 Å². The summed E-state index contributed by atoms with van der Waals surface area (Å²) >= 11 is 0. The second-order valence-electron chi connectivity index (χ2n) is 4.67. The molecule has 0 aliphatic carbocycles. The van der Waals surface area contributed by atoms with E-state index in [2.05, 4.69) is 12.1 Å². The second-order valence-corrected chi connectivity index (χ2v) is 4.67. The molecule has 0 aliphatic heterocycles. The van der Waals surface area contributed by atoms with E-state index in [-0.39, 0.29) is 0 Å². The van der Waals surface area contributed by atoms with Crippen molar-refractivity contribution in [1.82, 2.24) is 0 Å². The molecule has 2 rings (SSSR count). The Morgan fingerprint density at radius 1 is 1.00 bits per heavy atom. The Labute approximate surface area is 113 Å². The van der Waals surface area contributed by atoms with Crippen LogP contribution < -0.4 is 0 Å². The third kappa shape index (κ3) is 3.22. The largest absolute Gasteiger partial charge is 0.481 e. The van der Waals surface area contributed by atoms with Crippen LogP contribution in [0, 0.1) is 0 Å². The maximum atomic E-state index is 11.2. The molecule has 2 nitrogen and oxygen atoms in total. The maximum absolute atomic E-state index is 11.2. The van der Waals surface area contributed by atoms with Crippen LogP contribution >= 0.6 is 0 Å². The van der Waals surface area contributed by atoms with Crippen LogP contribution in [0.3, 0.4) is 0 Å². The van der Waals surface area contributed by atoms with Crippen LogP contribution in [0.1, 0.15) is 31.2 Å². The topological polar surface area (TPSA) is 37.3 Å². The van der Waals surface area contributed by atoms with Gasteiger partial charge in [0.2, 0.25) is 0 Å². The summed E-state index contributed by atoms with van der Waals surface area (Å²) in [5.41, 5.74) is 3.15. The van der Waals surface area contributed by atoms with Gasteiger partial charge in [0.25, 0.3) is 0 Å². The van der Waals surface area contributed by atoms with Gasteiger partial charge in [-0.05, 0) is 23.1 Å². The fraction of sp³-hybridized carbons (Fsp3) is 0.235. The average Bonchev–Trinajstić information content (AvgIpc) is 2.46. The normalized spacial score (nSPS) is 12.1. The Kier molecular flexibility index (Phi) is 4.35. The van der Waals surface area contributed by atoms with E-state index < -0.39 is 11.9 Å². The lowest BCUT2D eigenvalue weighted by atomic mass is 9.93. The molecule has 2 aromatic rings. The number of hydrogen-bond acceptors (Lipinski definition) is 1. The molecular weight excluding hydrogens is 236 g/mol. The molecule has 0 radical (unpaired) electrons. The molecule has 0 aromatic heterocycles. The minimum atomic E-state index is -0.741. The summed E-state index contributed by atoms with van der Waals surface area (Å²) in [4.78, 5) is 11.2. The minimum Gasteiger partial charge on any atom is -0.481 e. The smallest absolute Gasteiger partial charge is 0.310 e. The molecule has 0 unspecified atom stereocenters. The van der Waals surface area contributed by atoms with E-state index in [0.717, 1.165) is 23.1 Å². The molecule has 0 aliphatic rings. The first-order valence-corrected chi connectivity index (χ1v) is 6.60. The molecule has 0 saturated carbocycles. The Hall–Kier alpha value is -2.09. The Morgan fingerprint density at radius 2 is 1.58 bits per heavy atom. The zero-order chi connectivity index (χ0) is 13.7. The van der Waals surface area contributed by atoms with Crippen LogP contribution in [0.5, 0.6) is 0 Å². The molecule has 0 bridgehead atoms. The summed E-state index contributed by atoms with van der Waals surface area (Å²) in [5.74, 6) is -1.14. The number of rotatable bonds is 5. The zero-order valence-corrected chi connectivity index (χ0v) is 11.0. The summed E-state index contributed by atoms with van der Waals surface area (Å²) < 4.78 is 0. The van der Waals surface area contributed by atoms with Crippen molar-refractivity contribution in [2.75, 3.05) is 0 Å². The van der Waals surface area contributed by atoms with E-state index in [1.165, 1.54) is 0 Å². The lowest BCUT2D eigenvalue weighted by molar-refractivity contribution is -0.139. The fourth-order valence-corrected chi connectivity index (χ4v) is 2.26. The van der Waals surface area contributed by atoms with Gasteiger partial charge in [0.05, 0.1) is 5.92 Å². The van der Waals surface area contributed by atoms with Crippen molar-refractivity contribution >= 4 is 5.97 Å². The Balaban J connectivity index is 2.25. The van der Waals surface area contributed by atoms with E-state index >= 15 is 0 Å². The summed E-state index contributed by atoms with van der Waals surface area (Å²) in [5, 5.41) is 9.24. The average molecular weight is 254 g/mol. The third-order valence-electron chi connectivity index (χ3n) is 3.30. The van der Waals surface area contributed by atoms with Crippen LogP contribution in [0.2, 0.25) is 0 Å². The third-order valence-corrected chi connectivity index (χ3v) is 3.30. The van der Waals surface area contributed by atoms with Gasteiger partial charge < -0.3 is 5.11 Å². The molecule has 0 fully saturated rings. The standard InChI is InChI=1S/C17H18O2/c1-2-6-16(17(18)19)15-11-9-14(10-12-15)13-7-4-3-5-8-13/h3-5,7-12,16H,2,6H2,1H3,(H,18,19)/t16-/m0/s1. The predicted molar refractivity (Wildman–Crippen MR) is 77.2 cm³/mol. The summed E-state index contributed by atoms with van der Waals surface area (Å²) in [6.45, 7) is 2.01. The molecule has 19 heavy (non-hydrogen) atoms. The number of benzene rings is 2. The molecular formula is C17H18O2. The molecule has 2 aromatic carbocycles. The molecule has 0 amide bonds. The van der Waals surface area contributed by atoms with E-state index in [1.807, 2.05) is 49.4 Å². The van der Waals surface area contributed by atoms with Gasteiger partial charge >= 0.3 is 5.97 Å². The van der Waals surface area contributed by atoms with Crippen LogP contribution in [-0.4, -0.2) is 11.1 Å². The minimum absolute atomic E-state index is 0.394. The van der Waals surface area contributed by atoms with Gasteiger partial charge in [0, 0.05) is 0 Å². The van der Waals surface area contributed by atoms with Crippen molar-refractivity contribution in [3.05, 3.63) is 60.2 Å². The first kappa shape index (κ1) is 13.3. The van der Waals surface area contributed by atoms with Gasteiger partial charge in [-0.1, -0.05) is 67.9 Å². The van der Waals surface area contributed by atoms with Gasteiger partial charge in [-0.25, -0.2) is 0 Å². The van der Waals surface area contributed by atoms with Gasteiger partial charge in [-0.2, -0.15) is 0 Å². The highest BCUT2D eigenvalue weighted by molar-refractivity contribution is 5.76. The Bertz CT molecular complexity index is 529. The first-order valence-electron chi connectivity index (χ1n) is 6.60. The molecule has 1 atom stereocenters. The molecule has 0 heterocycles. The molecule has 0 saturated heterocycles. The number of hydrogen-bond donors (Lipinski definition) is 1. The fourth-order valence-electron chi connectivity index (χ4n) is 2.26. The molecule has 2 heteroatoms. The lowest BCUT2D eigenvalue weighted by Gasteiger charge is -2.12. The summed E-state index contributed by atoms with van der Waals surface area (Å²) in [6, 6.07) is 17.9. The van der Waals surface area contributed by atoms with Gasteiger partial charge in [0.1, 0.15) is 0 Å². The SMILES string of the molecule is CCC[C@H](C(=O)O)c1ccc(-c2ccccc2)cc1. The van der Waals surface area contributed by atoms with Crippen LogP contribution in [0.4, 0.5) is 0 Å². The van der Waals surface area contributed by atoms with E-state index in [1.54, 1.807) is 0 Å². The lowest BCUT2D eigenvalue weighted by Crippen LogP contribution is -2.11.